The van der Waals surface area contributed by atoms with E-state index >= 15 is 0 Å². The van der Waals surface area contributed by atoms with Gasteiger partial charge in [0, 0.05) is 5.88 Å². The molecule has 5 atom stereocenters. The van der Waals surface area contributed by atoms with Crippen molar-refractivity contribution in [1.82, 2.24) is 0 Å². The third-order valence-corrected chi connectivity index (χ3v) is 6.15. The van der Waals surface area contributed by atoms with Crippen LogP contribution in [-0.2, 0) is 0 Å². The van der Waals surface area contributed by atoms with E-state index in [2.05, 4.69) is 6.92 Å². The van der Waals surface area contributed by atoms with Crippen molar-refractivity contribution in [2.24, 2.45) is 0 Å². The molecule has 0 bridgehead atoms. The zero-order chi connectivity index (χ0) is 13.4. The Morgan fingerprint density at radius 3 is 1.76 bits per heavy atom. The van der Waals surface area contributed by atoms with Crippen LogP contribution >= 0.6 is 69.6 Å². The number of hydrogen-bond acceptors (Lipinski definition) is 0. The first-order valence-corrected chi connectivity index (χ1v) is 8.43. The van der Waals surface area contributed by atoms with Gasteiger partial charge >= 0.3 is 0 Å². The van der Waals surface area contributed by atoms with Gasteiger partial charge in [0.25, 0.3) is 0 Å². The fourth-order valence-electron chi connectivity index (χ4n) is 1.41. The van der Waals surface area contributed by atoms with E-state index in [9.17, 15) is 0 Å². The molecule has 17 heavy (non-hydrogen) atoms. The monoisotopic (exact) mass is 360 g/mol. The maximum absolute atomic E-state index is 6.21. The summed E-state index contributed by atoms with van der Waals surface area (Å²) in [5.41, 5.74) is 0. The molecule has 0 aromatic rings. The first-order valence-electron chi connectivity index (χ1n) is 5.72. The summed E-state index contributed by atoms with van der Waals surface area (Å²) in [5, 5.41) is -1.95. The van der Waals surface area contributed by atoms with Crippen LogP contribution in [0.25, 0.3) is 0 Å². The Labute approximate surface area is 134 Å². The molecule has 0 aromatic carbocycles. The molecule has 0 aliphatic heterocycles. The van der Waals surface area contributed by atoms with E-state index in [0.29, 0.717) is 0 Å². The molecule has 0 aliphatic carbocycles. The highest BCUT2D eigenvalue weighted by molar-refractivity contribution is 6.40. The van der Waals surface area contributed by atoms with E-state index in [-0.39, 0.29) is 11.3 Å². The van der Waals surface area contributed by atoms with Gasteiger partial charge in [-0.2, -0.15) is 0 Å². The maximum atomic E-state index is 6.21. The Kier molecular flexibility index (Phi) is 11.6. The molecule has 0 amide bonds. The van der Waals surface area contributed by atoms with Crippen molar-refractivity contribution < 1.29 is 0 Å². The highest BCUT2D eigenvalue weighted by Gasteiger charge is 2.33. The zero-order valence-corrected chi connectivity index (χ0v) is 14.2. The van der Waals surface area contributed by atoms with Crippen LogP contribution in [0.1, 0.15) is 32.6 Å². The minimum Gasteiger partial charge on any atom is -0.125 e. The van der Waals surface area contributed by atoms with Gasteiger partial charge in [0.1, 0.15) is 0 Å². The Morgan fingerprint density at radius 2 is 1.29 bits per heavy atom. The van der Waals surface area contributed by atoms with Gasteiger partial charge in [-0.3, -0.25) is 0 Å². The smallest absolute Gasteiger partial charge is 0.0692 e. The van der Waals surface area contributed by atoms with Gasteiger partial charge in [-0.05, 0) is 6.42 Å². The van der Waals surface area contributed by atoms with E-state index in [4.69, 9.17) is 69.6 Å². The van der Waals surface area contributed by atoms with Crippen molar-refractivity contribution >= 4 is 69.6 Å². The number of rotatable bonds is 9. The normalized spacial score (nSPS) is 20.6. The Morgan fingerprint density at radius 1 is 0.765 bits per heavy atom. The van der Waals surface area contributed by atoms with E-state index in [0.717, 1.165) is 25.7 Å². The van der Waals surface area contributed by atoms with Crippen LogP contribution in [0, 0.1) is 0 Å². The average Bonchev–Trinajstić information content (AvgIpc) is 2.35. The van der Waals surface area contributed by atoms with Crippen molar-refractivity contribution in [1.29, 1.82) is 0 Å². The second kappa shape index (κ2) is 10.5. The number of halogens is 6. The van der Waals surface area contributed by atoms with Gasteiger partial charge in [-0.25, -0.2) is 0 Å². The molecular formula is C11H18Cl6. The van der Waals surface area contributed by atoms with Crippen molar-refractivity contribution in [3.8, 4) is 0 Å². The minimum atomic E-state index is -0.483. The van der Waals surface area contributed by atoms with Crippen LogP contribution in [0.15, 0.2) is 0 Å². The standard InChI is InChI=1S/C11H18Cl6/c1-2-3-4-5-7(13)9(15)11(17)10(16)8(14)6-12/h7-11H,2-6H2,1H3. The zero-order valence-electron chi connectivity index (χ0n) is 9.69. The molecule has 5 unspecified atom stereocenters. The first kappa shape index (κ1) is 18.7. The SMILES string of the molecule is CCCCCC(Cl)C(Cl)C(Cl)C(Cl)C(Cl)CCl. The number of hydrogen-bond donors (Lipinski definition) is 0. The molecular weight excluding hydrogens is 345 g/mol. The van der Waals surface area contributed by atoms with Crippen molar-refractivity contribution in [3.05, 3.63) is 0 Å². The summed E-state index contributed by atoms with van der Waals surface area (Å²) < 4.78 is 0. The molecule has 0 saturated heterocycles. The predicted molar refractivity (Wildman–Crippen MR) is 83.1 cm³/mol. The molecule has 0 heterocycles. The second-order valence-corrected chi connectivity index (χ2v) is 6.96. The van der Waals surface area contributed by atoms with E-state index in [1.54, 1.807) is 0 Å². The summed E-state index contributed by atoms with van der Waals surface area (Å²) in [6.45, 7) is 2.14. The molecule has 0 aromatic heterocycles. The molecule has 0 N–H and O–H groups in total. The lowest BCUT2D eigenvalue weighted by atomic mass is 10.1. The summed E-state index contributed by atoms with van der Waals surface area (Å²) in [6, 6.07) is 0. The third kappa shape index (κ3) is 7.18. The molecule has 0 aliphatic rings. The Bertz CT molecular complexity index is 189. The lowest BCUT2D eigenvalue weighted by Gasteiger charge is -2.26. The van der Waals surface area contributed by atoms with Gasteiger partial charge in [0.2, 0.25) is 0 Å². The minimum absolute atomic E-state index is 0.189. The summed E-state index contributed by atoms with van der Waals surface area (Å²) >= 11 is 36.2. The fraction of sp³-hybridized carbons (Fsp3) is 1.00. The van der Waals surface area contributed by atoms with E-state index in [1.165, 1.54) is 0 Å². The summed E-state index contributed by atoms with van der Waals surface area (Å²) in [6.07, 6.45) is 4.17. The lowest BCUT2D eigenvalue weighted by molar-refractivity contribution is 0.593. The summed E-state index contributed by atoms with van der Waals surface area (Å²) in [4.78, 5) is 0. The van der Waals surface area contributed by atoms with Crippen molar-refractivity contribution in [3.63, 3.8) is 0 Å². The molecule has 0 spiro atoms. The topological polar surface area (TPSA) is 0 Å². The highest BCUT2D eigenvalue weighted by Crippen LogP contribution is 2.30. The quantitative estimate of drug-likeness (QED) is 0.357. The largest absolute Gasteiger partial charge is 0.125 e. The van der Waals surface area contributed by atoms with E-state index < -0.39 is 21.5 Å². The Balaban J connectivity index is 4.13. The highest BCUT2D eigenvalue weighted by atomic mass is 35.5. The number of unbranched alkanes of at least 4 members (excludes halogenated alkanes) is 2. The van der Waals surface area contributed by atoms with Crippen LogP contribution in [-0.4, -0.2) is 32.8 Å². The van der Waals surface area contributed by atoms with Crippen LogP contribution in [0.5, 0.6) is 0 Å². The van der Waals surface area contributed by atoms with Gasteiger partial charge in [0.05, 0.1) is 26.9 Å². The maximum Gasteiger partial charge on any atom is 0.0692 e. The number of alkyl halides is 6. The first-order chi connectivity index (χ1) is 7.95. The molecule has 0 saturated carbocycles. The van der Waals surface area contributed by atoms with Crippen LogP contribution in [0.3, 0.4) is 0 Å². The van der Waals surface area contributed by atoms with Gasteiger partial charge < -0.3 is 0 Å². The van der Waals surface area contributed by atoms with Gasteiger partial charge in [-0.1, -0.05) is 26.2 Å². The molecule has 0 nitrogen and oxygen atoms in total. The Hall–Kier alpha value is 1.74. The van der Waals surface area contributed by atoms with Gasteiger partial charge in [0.15, 0.2) is 0 Å². The molecule has 0 fully saturated rings. The van der Waals surface area contributed by atoms with Crippen LogP contribution in [0.2, 0.25) is 0 Å². The van der Waals surface area contributed by atoms with Crippen LogP contribution in [0.4, 0.5) is 0 Å². The summed E-state index contributed by atoms with van der Waals surface area (Å²) in [7, 11) is 0. The molecule has 0 radical (unpaired) electrons. The third-order valence-electron chi connectivity index (χ3n) is 2.53. The second-order valence-electron chi connectivity index (χ2n) is 4.02. The van der Waals surface area contributed by atoms with Crippen molar-refractivity contribution in [2.45, 2.75) is 59.5 Å². The van der Waals surface area contributed by atoms with Crippen LogP contribution < -0.4 is 0 Å². The molecule has 6 heteroatoms. The molecule has 0 rings (SSSR count). The van der Waals surface area contributed by atoms with Gasteiger partial charge in [-0.15, -0.1) is 69.6 Å². The average molecular weight is 363 g/mol. The summed E-state index contributed by atoms with van der Waals surface area (Å²) in [5.74, 6) is 0.241. The van der Waals surface area contributed by atoms with Crippen molar-refractivity contribution in [2.75, 3.05) is 5.88 Å². The molecule has 104 valence electrons. The van der Waals surface area contributed by atoms with E-state index in [1.807, 2.05) is 0 Å². The predicted octanol–water partition coefficient (Wildman–Crippen LogP) is 5.84. The lowest BCUT2D eigenvalue weighted by Crippen LogP contribution is -2.37. The fourth-order valence-corrected chi connectivity index (χ4v) is 3.26.